The highest BCUT2D eigenvalue weighted by atomic mass is 16.5. The predicted molar refractivity (Wildman–Crippen MR) is 207 cm³/mol. The van der Waals surface area contributed by atoms with E-state index in [4.69, 9.17) is 31.1 Å². The van der Waals surface area contributed by atoms with E-state index in [-0.39, 0.29) is 34.4 Å². The van der Waals surface area contributed by atoms with Crippen LogP contribution in [0.2, 0.25) is 0 Å². The van der Waals surface area contributed by atoms with E-state index >= 15 is 0 Å². The molecule has 0 aromatic carbocycles. The van der Waals surface area contributed by atoms with Crippen molar-refractivity contribution in [3.8, 4) is 11.6 Å². The number of anilines is 2. The standard InChI is InChI=1S/C36H50N16O4/c1-7-11-15-25-29(43-45-33-23(20-41-49(33)5)35(53)55-17-13-9-3)31(37)51(47-25)27-19-28(40-22-39-27)52-32(38)30(26(48-52)16-12-8-2)44-46-34-24(21-42-50(34)6)36(54)56-18-14-10-4/h19-22H,7-18,37-38H2,1-6H3. The molecule has 298 valence electrons. The summed E-state index contributed by atoms with van der Waals surface area (Å²) in [6.45, 7) is 8.75. The number of nitrogens with zero attached hydrogens (tertiary/aromatic N) is 14. The molecule has 0 saturated carbocycles. The Hall–Kier alpha value is -6.34. The smallest absolute Gasteiger partial charge is 0.343 e. The summed E-state index contributed by atoms with van der Waals surface area (Å²) in [5.74, 6) is 0.357. The number of hydrogen-bond acceptors (Lipinski definition) is 16. The van der Waals surface area contributed by atoms with Gasteiger partial charge in [-0.05, 0) is 38.5 Å². The lowest BCUT2D eigenvalue weighted by Gasteiger charge is -2.06. The second-order valence-corrected chi connectivity index (χ2v) is 13.0. The fraction of sp³-hybridized carbons (Fsp3) is 0.500. The molecular formula is C36H50N16O4. The van der Waals surface area contributed by atoms with Crippen molar-refractivity contribution in [1.82, 2.24) is 49.1 Å². The molecular weight excluding hydrogens is 721 g/mol. The minimum Gasteiger partial charge on any atom is -0.462 e. The largest absolute Gasteiger partial charge is 0.462 e. The van der Waals surface area contributed by atoms with E-state index in [9.17, 15) is 9.59 Å². The number of azo groups is 2. The summed E-state index contributed by atoms with van der Waals surface area (Å²) in [7, 11) is 3.32. The van der Waals surface area contributed by atoms with Gasteiger partial charge in [0.1, 0.15) is 17.5 Å². The summed E-state index contributed by atoms with van der Waals surface area (Å²) < 4.78 is 16.6. The number of esters is 2. The third kappa shape index (κ3) is 9.29. The zero-order valence-electron chi connectivity index (χ0n) is 32.8. The van der Waals surface area contributed by atoms with Crippen molar-refractivity contribution in [3.63, 3.8) is 0 Å². The van der Waals surface area contributed by atoms with Crippen LogP contribution in [0.3, 0.4) is 0 Å². The molecule has 5 aromatic rings. The number of aryl methyl sites for hydroxylation is 4. The molecule has 0 aliphatic rings. The minimum atomic E-state index is -0.534. The molecule has 0 radical (unpaired) electrons. The Morgan fingerprint density at radius 1 is 0.643 bits per heavy atom. The highest BCUT2D eigenvalue weighted by molar-refractivity contribution is 5.94. The fourth-order valence-corrected chi connectivity index (χ4v) is 5.46. The lowest BCUT2D eigenvalue weighted by Crippen LogP contribution is -2.09. The Morgan fingerprint density at radius 3 is 1.45 bits per heavy atom. The lowest BCUT2D eigenvalue weighted by molar-refractivity contribution is 0.0491. The predicted octanol–water partition coefficient (Wildman–Crippen LogP) is 6.91. The molecule has 5 aromatic heterocycles. The Morgan fingerprint density at radius 2 is 1.05 bits per heavy atom. The molecule has 20 nitrogen and oxygen atoms in total. The van der Waals surface area contributed by atoms with Crippen LogP contribution in [0, 0.1) is 0 Å². The monoisotopic (exact) mass is 770 g/mol. The van der Waals surface area contributed by atoms with Gasteiger partial charge in [0.15, 0.2) is 46.3 Å². The van der Waals surface area contributed by atoms with E-state index in [0.717, 1.165) is 51.4 Å². The summed E-state index contributed by atoms with van der Waals surface area (Å²) in [5.41, 5.74) is 15.6. The van der Waals surface area contributed by atoms with Gasteiger partial charge in [-0.1, -0.05) is 53.4 Å². The average molecular weight is 771 g/mol. The molecule has 0 spiro atoms. The van der Waals surface area contributed by atoms with Gasteiger partial charge >= 0.3 is 11.9 Å². The van der Waals surface area contributed by atoms with E-state index in [0.29, 0.717) is 60.5 Å². The van der Waals surface area contributed by atoms with Crippen molar-refractivity contribution >= 4 is 46.6 Å². The molecule has 0 bridgehead atoms. The van der Waals surface area contributed by atoms with Crippen LogP contribution in [-0.4, -0.2) is 74.2 Å². The summed E-state index contributed by atoms with van der Waals surface area (Å²) >= 11 is 0. The zero-order chi connectivity index (χ0) is 40.2. The Kier molecular flexibility index (Phi) is 14.1. The SMILES string of the molecule is CCCCOC(=O)c1cnn(C)c1N=Nc1c(CCCC)nn(-c2cc(-n3nc(CCCC)c(N=Nc4c(C(=O)OCCCC)cnn4C)c3N)ncn2)c1N. The van der Waals surface area contributed by atoms with E-state index in [1.54, 1.807) is 20.2 Å². The number of carbonyl (C=O) groups is 2. The molecule has 0 unspecified atom stereocenters. The summed E-state index contributed by atoms with van der Waals surface area (Å²) in [5, 5.41) is 35.6. The number of aromatic nitrogens is 10. The highest BCUT2D eigenvalue weighted by Crippen LogP contribution is 2.35. The van der Waals surface area contributed by atoms with Gasteiger partial charge in [-0.3, -0.25) is 0 Å². The number of nitrogens with two attached hydrogens (primary N) is 2. The van der Waals surface area contributed by atoms with E-state index in [2.05, 4.69) is 54.5 Å². The first kappa shape index (κ1) is 40.8. The van der Waals surface area contributed by atoms with Gasteiger partial charge in [-0.15, -0.1) is 20.5 Å². The van der Waals surface area contributed by atoms with Crippen molar-refractivity contribution in [2.75, 3.05) is 24.7 Å². The van der Waals surface area contributed by atoms with Crippen LogP contribution >= 0.6 is 0 Å². The van der Waals surface area contributed by atoms with Crippen molar-refractivity contribution in [3.05, 3.63) is 47.3 Å². The van der Waals surface area contributed by atoms with Crippen LogP contribution in [0.15, 0.2) is 45.2 Å². The Balaban J connectivity index is 1.49. The van der Waals surface area contributed by atoms with Crippen LogP contribution in [0.5, 0.6) is 0 Å². The van der Waals surface area contributed by atoms with E-state index < -0.39 is 11.9 Å². The minimum absolute atomic E-state index is 0.172. The first-order chi connectivity index (χ1) is 27.1. The quantitative estimate of drug-likeness (QED) is 0.0465. The maximum atomic E-state index is 12.8. The number of hydrogen-bond donors (Lipinski definition) is 2. The number of rotatable bonds is 20. The van der Waals surface area contributed by atoms with Gasteiger partial charge in [-0.25, -0.2) is 28.9 Å². The molecule has 4 N–H and O–H groups in total. The van der Waals surface area contributed by atoms with Crippen LogP contribution in [0.25, 0.3) is 11.6 Å². The molecule has 0 fully saturated rings. The molecule has 56 heavy (non-hydrogen) atoms. The fourth-order valence-electron chi connectivity index (χ4n) is 5.46. The van der Waals surface area contributed by atoms with Gasteiger partial charge in [0.05, 0.1) is 37.0 Å². The molecule has 5 rings (SSSR count). The van der Waals surface area contributed by atoms with Crippen molar-refractivity contribution in [2.45, 2.75) is 91.9 Å². The first-order valence-corrected chi connectivity index (χ1v) is 18.9. The van der Waals surface area contributed by atoms with Crippen molar-refractivity contribution in [2.24, 2.45) is 34.6 Å². The first-order valence-electron chi connectivity index (χ1n) is 18.9. The zero-order valence-corrected chi connectivity index (χ0v) is 32.8. The van der Waals surface area contributed by atoms with Crippen LogP contribution in [-0.2, 0) is 36.4 Å². The molecule has 0 aliphatic heterocycles. The highest BCUT2D eigenvalue weighted by Gasteiger charge is 2.24. The normalized spacial score (nSPS) is 11.7. The maximum Gasteiger partial charge on any atom is 0.343 e. The second kappa shape index (κ2) is 19.3. The molecule has 5 heterocycles. The third-order valence-corrected chi connectivity index (χ3v) is 8.74. The molecule has 0 saturated heterocycles. The Labute approximate surface area is 324 Å². The lowest BCUT2D eigenvalue weighted by atomic mass is 10.2. The molecule has 0 amide bonds. The van der Waals surface area contributed by atoms with Crippen molar-refractivity contribution in [1.29, 1.82) is 0 Å². The average Bonchev–Trinajstić information content (AvgIpc) is 3.94. The van der Waals surface area contributed by atoms with Gasteiger partial charge in [-0.2, -0.15) is 29.8 Å². The maximum absolute atomic E-state index is 12.8. The summed E-state index contributed by atoms with van der Waals surface area (Å²) in [6.07, 6.45) is 12.0. The molecule has 0 atom stereocenters. The molecule has 0 aliphatic carbocycles. The third-order valence-electron chi connectivity index (χ3n) is 8.74. The van der Waals surface area contributed by atoms with Gasteiger partial charge < -0.3 is 20.9 Å². The number of ether oxygens (including phenoxy) is 2. The number of unbranched alkanes of at least 4 members (excludes halogenated alkanes) is 4. The van der Waals surface area contributed by atoms with Crippen molar-refractivity contribution < 1.29 is 19.1 Å². The number of carbonyl (C=O) groups excluding carboxylic acids is 2. The van der Waals surface area contributed by atoms with E-state index in [1.807, 2.05) is 13.8 Å². The number of nitrogen functional groups attached to an aromatic ring is 2. The second-order valence-electron chi connectivity index (χ2n) is 13.0. The van der Waals surface area contributed by atoms with Crippen LogP contribution in [0.4, 0.5) is 34.6 Å². The molecule has 20 heteroatoms. The van der Waals surface area contributed by atoms with Gasteiger partial charge in [0.2, 0.25) is 0 Å². The summed E-state index contributed by atoms with van der Waals surface area (Å²) in [6, 6.07) is 1.64. The van der Waals surface area contributed by atoms with Gasteiger partial charge in [0, 0.05) is 20.2 Å². The Bertz CT molecular complexity index is 2030. The van der Waals surface area contributed by atoms with Gasteiger partial charge in [0.25, 0.3) is 0 Å². The van der Waals surface area contributed by atoms with Crippen LogP contribution in [0.1, 0.15) is 111 Å². The summed E-state index contributed by atoms with van der Waals surface area (Å²) in [4.78, 5) is 34.5. The topological polar surface area (TPSA) is 251 Å². The van der Waals surface area contributed by atoms with E-state index in [1.165, 1.54) is 37.4 Å². The van der Waals surface area contributed by atoms with Crippen LogP contribution < -0.4 is 11.5 Å².